The fourth-order valence-corrected chi connectivity index (χ4v) is 1.91. The van der Waals surface area contributed by atoms with Crippen molar-refractivity contribution in [3.8, 4) is 0 Å². The van der Waals surface area contributed by atoms with Crippen molar-refractivity contribution >= 4 is 39.2 Å². The standard InChI is InChI=1S/C12H15BrClNO3/c1-2-18-12(17)8-3-4-11(10(13)5-8)15-7-9(16)6-14/h3-5,9,15-16H,2,6-7H2,1H3. The highest BCUT2D eigenvalue weighted by Gasteiger charge is 2.10. The predicted molar refractivity (Wildman–Crippen MR) is 75.3 cm³/mol. The Morgan fingerprint density at radius 2 is 2.33 bits per heavy atom. The summed E-state index contributed by atoms with van der Waals surface area (Å²) in [6, 6.07) is 5.09. The molecule has 1 atom stereocenters. The maximum Gasteiger partial charge on any atom is 0.338 e. The Labute approximate surface area is 119 Å². The summed E-state index contributed by atoms with van der Waals surface area (Å²) < 4.78 is 5.63. The van der Waals surface area contributed by atoms with Crippen LogP contribution in [0.4, 0.5) is 5.69 Å². The smallest absolute Gasteiger partial charge is 0.338 e. The zero-order chi connectivity index (χ0) is 13.5. The van der Waals surface area contributed by atoms with Gasteiger partial charge in [0.05, 0.1) is 24.2 Å². The largest absolute Gasteiger partial charge is 0.462 e. The lowest BCUT2D eigenvalue weighted by Gasteiger charge is -2.12. The molecule has 1 aromatic rings. The second-order valence-electron chi connectivity index (χ2n) is 3.60. The summed E-state index contributed by atoms with van der Waals surface area (Å²) in [4.78, 5) is 11.5. The summed E-state index contributed by atoms with van der Waals surface area (Å²) in [6.45, 7) is 2.45. The first-order chi connectivity index (χ1) is 8.58. The van der Waals surface area contributed by atoms with Gasteiger partial charge in [-0.15, -0.1) is 11.6 Å². The lowest BCUT2D eigenvalue weighted by atomic mass is 10.2. The van der Waals surface area contributed by atoms with Gasteiger partial charge >= 0.3 is 5.97 Å². The van der Waals surface area contributed by atoms with Gasteiger partial charge in [-0.3, -0.25) is 0 Å². The molecule has 0 saturated carbocycles. The number of anilines is 1. The van der Waals surface area contributed by atoms with Crippen LogP contribution >= 0.6 is 27.5 Å². The van der Waals surface area contributed by atoms with E-state index in [1.54, 1.807) is 25.1 Å². The Bertz CT molecular complexity index is 414. The van der Waals surface area contributed by atoms with E-state index in [4.69, 9.17) is 16.3 Å². The van der Waals surface area contributed by atoms with Crippen molar-refractivity contribution in [1.29, 1.82) is 0 Å². The third-order valence-corrected chi connectivity index (χ3v) is 3.20. The zero-order valence-corrected chi connectivity index (χ0v) is 12.3. The highest BCUT2D eigenvalue weighted by molar-refractivity contribution is 9.10. The van der Waals surface area contributed by atoms with Crippen LogP contribution in [-0.2, 0) is 4.74 Å². The highest BCUT2D eigenvalue weighted by Crippen LogP contribution is 2.24. The molecule has 0 aromatic heterocycles. The van der Waals surface area contributed by atoms with Gasteiger partial charge in [0.2, 0.25) is 0 Å². The van der Waals surface area contributed by atoms with Gasteiger partial charge in [-0.25, -0.2) is 4.79 Å². The molecule has 1 aromatic carbocycles. The van der Waals surface area contributed by atoms with Crippen molar-refractivity contribution < 1.29 is 14.6 Å². The van der Waals surface area contributed by atoms with Crippen LogP contribution in [0.5, 0.6) is 0 Å². The van der Waals surface area contributed by atoms with E-state index in [2.05, 4.69) is 21.2 Å². The highest BCUT2D eigenvalue weighted by atomic mass is 79.9. The summed E-state index contributed by atoms with van der Waals surface area (Å²) in [5, 5.41) is 12.4. The first-order valence-corrected chi connectivity index (χ1v) is 6.85. The van der Waals surface area contributed by atoms with E-state index in [-0.39, 0.29) is 11.8 Å². The molecular weight excluding hydrogens is 321 g/mol. The molecule has 6 heteroatoms. The summed E-state index contributed by atoms with van der Waals surface area (Å²) in [5.74, 6) is -0.184. The van der Waals surface area contributed by atoms with Gasteiger partial charge in [-0.2, -0.15) is 0 Å². The normalized spacial score (nSPS) is 12.0. The number of benzene rings is 1. The van der Waals surface area contributed by atoms with Crippen LogP contribution < -0.4 is 5.32 Å². The number of ether oxygens (including phenoxy) is 1. The van der Waals surface area contributed by atoms with Crippen molar-refractivity contribution in [2.75, 3.05) is 24.3 Å². The lowest BCUT2D eigenvalue weighted by Crippen LogP contribution is -2.21. The number of esters is 1. The quantitative estimate of drug-likeness (QED) is 0.619. The van der Waals surface area contributed by atoms with E-state index in [1.165, 1.54) is 0 Å². The van der Waals surface area contributed by atoms with Gasteiger partial charge in [-0.1, -0.05) is 0 Å². The fraction of sp³-hybridized carbons (Fsp3) is 0.417. The molecular formula is C12H15BrClNO3. The molecule has 100 valence electrons. The number of carbonyl (C=O) groups excluding carboxylic acids is 1. The van der Waals surface area contributed by atoms with Crippen LogP contribution in [0.25, 0.3) is 0 Å². The van der Waals surface area contributed by atoms with Gasteiger partial charge in [0.1, 0.15) is 0 Å². The Kier molecular flexibility index (Phi) is 6.46. The van der Waals surface area contributed by atoms with Crippen LogP contribution in [0.1, 0.15) is 17.3 Å². The summed E-state index contributed by atoms with van der Waals surface area (Å²) in [6.07, 6.45) is -0.608. The molecule has 4 nitrogen and oxygen atoms in total. The molecule has 0 fully saturated rings. The van der Waals surface area contributed by atoms with Crippen molar-refractivity contribution in [3.05, 3.63) is 28.2 Å². The van der Waals surface area contributed by atoms with E-state index < -0.39 is 6.10 Å². The lowest BCUT2D eigenvalue weighted by molar-refractivity contribution is 0.0526. The first kappa shape index (κ1) is 15.3. The molecule has 0 amide bonds. The summed E-state index contributed by atoms with van der Waals surface area (Å²) >= 11 is 8.85. The van der Waals surface area contributed by atoms with E-state index >= 15 is 0 Å². The van der Waals surface area contributed by atoms with Gasteiger partial charge in [0.15, 0.2) is 0 Å². The van der Waals surface area contributed by atoms with Crippen molar-refractivity contribution in [2.45, 2.75) is 13.0 Å². The molecule has 0 saturated heterocycles. The third-order valence-electron chi connectivity index (χ3n) is 2.19. The number of hydrogen-bond acceptors (Lipinski definition) is 4. The number of halogens is 2. The van der Waals surface area contributed by atoms with E-state index in [1.807, 2.05) is 0 Å². The molecule has 0 aliphatic heterocycles. The number of nitrogens with one attached hydrogen (secondary N) is 1. The van der Waals surface area contributed by atoms with Gasteiger partial charge in [0, 0.05) is 16.7 Å². The number of aliphatic hydroxyl groups excluding tert-OH is 1. The minimum absolute atomic E-state index is 0.172. The molecule has 1 unspecified atom stereocenters. The van der Waals surface area contributed by atoms with Gasteiger partial charge < -0.3 is 15.2 Å². The molecule has 0 radical (unpaired) electrons. The SMILES string of the molecule is CCOC(=O)c1ccc(NCC(O)CCl)c(Br)c1. The van der Waals surface area contributed by atoms with Gasteiger partial charge in [0.25, 0.3) is 0 Å². The molecule has 0 heterocycles. The number of rotatable bonds is 6. The predicted octanol–water partition coefficient (Wildman–Crippen LogP) is 2.64. The number of aliphatic hydroxyl groups is 1. The monoisotopic (exact) mass is 335 g/mol. The van der Waals surface area contributed by atoms with Crippen molar-refractivity contribution in [2.24, 2.45) is 0 Å². The molecule has 0 bridgehead atoms. The van der Waals surface area contributed by atoms with Crippen molar-refractivity contribution in [3.63, 3.8) is 0 Å². The van der Waals surface area contributed by atoms with Crippen LogP contribution in [0.15, 0.2) is 22.7 Å². The summed E-state index contributed by atoms with van der Waals surface area (Å²) in [7, 11) is 0. The molecule has 2 N–H and O–H groups in total. The summed E-state index contributed by atoms with van der Waals surface area (Å²) in [5.41, 5.74) is 1.26. The minimum Gasteiger partial charge on any atom is -0.462 e. The maximum absolute atomic E-state index is 11.5. The molecule has 18 heavy (non-hydrogen) atoms. The van der Waals surface area contributed by atoms with Crippen LogP contribution in [0.2, 0.25) is 0 Å². The number of alkyl halides is 1. The van der Waals surface area contributed by atoms with Crippen LogP contribution in [0.3, 0.4) is 0 Å². The Balaban J connectivity index is 2.70. The Morgan fingerprint density at radius 3 is 2.89 bits per heavy atom. The fourth-order valence-electron chi connectivity index (χ4n) is 1.28. The molecule has 0 aliphatic carbocycles. The second-order valence-corrected chi connectivity index (χ2v) is 4.77. The van der Waals surface area contributed by atoms with E-state index in [9.17, 15) is 9.90 Å². The van der Waals surface area contributed by atoms with Crippen LogP contribution in [0, 0.1) is 0 Å². The molecule has 1 rings (SSSR count). The molecule has 0 aliphatic rings. The number of hydrogen-bond donors (Lipinski definition) is 2. The van der Waals surface area contributed by atoms with E-state index in [0.29, 0.717) is 18.7 Å². The Hall–Kier alpha value is -0.780. The Morgan fingerprint density at radius 1 is 1.61 bits per heavy atom. The first-order valence-electron chi connectivity index (χ1n) is 5.53. The average Bonchev–Trinajstić information content (AvgIpc) is 2.37. The minimum atomic E-state index is -0.608. The maximum atomic E-state index is 11.5. The second kappa shape index (κ2) is 7.61. The average molecular weight is 337 g/mol. The van der Waals surface area contributed by atoms with Crippen LogP contribution in [-0.4, -0.2) is 36.2 Å². The van der Waals surface area contributed by atoms with E-state index in [0.717, 1.165) is 10.2 Å². The number of carbonyl (C=O) groups is 1. The van der Waals surface area contributed by atoms with Gasteiger partial charge in [-0.05, 0) is 41.1 Å². The molecule has 0 spiro atoms. The third kappa shape index (κ3) is 4.48. The zero-order valence-electron chi connectivity index (χ0n) is 9.95. The topological polar surface area (TPSA) is 58.6 Å². The van der Waals surface area contributed by atoms with Crippen molar-refractivity contribution in [1.82, 2.24) is 0 Å².